The van der Waals surface area contributed by atoms with Crippen LogP contribution in [-0.4, -0.2) is 54.0 Å². The molecule has 0 radical (unpaired) electrons. The summed E-state index contributed by atoms with van der Waals surface area (Å²) in [5, 5.41) is 12.4. The number of urea groups is 1. The number of rotatable bonds is 7. The highest BCUT2D eigenvalue weighted by atomic mass is 16.5. The summed E-state index contributed by atoms with van der Waals surface area (Å²) in [4.78, 5) is 14.2. The van der Waals surface area contributed by atoms with Crippen LogP contribution in [0.25, 0.3) is 0 Å². The SMILES string of the molecule is CCCCCN(CCO)C(=O)NC1CCOC2(CCCC2)C1. The fourth-order valence-electron chi connectivity index (χ4n) is 3.77. The number of unbranched alkanes of at least 4 members (excludes halogenated alkanes) is 2. The van der Waals surface area contributed by atoms with E-state index in [-0.39, 0.29) is 24.3 Å². The zero-order valence-corrected chi connectivity index (χ0v) is 14.0. The first-order valence-electron chi connectivity index (χ1n) is 8.99. The summed E-state index contributed by atoms with van der Waals surface area (Å²) in [6, 6.07) is 0.192. The normalized spacial score (nSPS) is 23.6. The molecule has 1 saturated carbocycles. The monoisotopic (exact) mass is 312 g/mol. The van der Waals surface area contributed by atoms with Crippen molar-refractivity contribution in [2.24, 2.45) is 0 Å². The maximum absolute atomic E-state index is 12.5. The Hall–Kier alpha value is -0.810. The smallest absolute Gasteiger partial charge is 0.317 e. The highest BCUT2D eigenvalue weighted by Gasteiger charge is 2.40. The van der Waals surface area contributed by atoms with Crippen LogP contribution < -0.4 is 5.32 Å². The van der Waals surface area contributed by atoms with E-state index >= 15 is 0 Å². The number of nitrogens with one attached hydrogen (secondary N) is 1. The Kier molecular flexibility index (Phi) is 6.96. The zero-order chi connectivity index (χ0) is 15.8. The molecular formula is C17H32N2O3. The van der Waals surface area contributed by atoms with Gasteiger partial charge in [-0.25, -0.2) is 4.79 Å². The summed E-state index contributed by atoms with van der Waals surface area (Å²) >= 11 is 0. The molecule has 0 aromatic heterocycles. The van der Waals surface area contributed by atoms with Crippen LogP contribution in [0.15, 0.2) is 0 Å². The highest BCUT2D eigenvalue weighted by molar-refractivity contribution is 5.74. The average molecular weight is 312 g/mol. The third-order valence-corrected chi connectivity index (χ3v) is 5.02. The molecule has 1 saturated heterocycles. The van der Waals surface area contributed by atoms with Crippen LogP contribution in [0.5, 0.6) is 0 Å². The summed E-state index contributed by atoms with van der Waals surface area (Å²) < 4.78 is 6.02. The Morgan fingerprint density at radius 1 is 1.32 bits per heavy atom. The minimum atomic E-state index is -0.0230. The Balaban J connectivity index is 1.82. The second-order valence-corrected chi connectivity index (χ2v) is 6.80. The fraction of sp³-hybridized carbons (Fsp3) is 0.941. The third kappa shape index (κ3) is 4.85. The quantitative estimate of drug-likeness (QED) is 0.711. The molecule has 1 aliphatic carbocycles. The second kappa shape index (κ2) is 8.73. The van der Waals surface area contributed by atoms with Gasteiger partial charge in [-0.05, 0) is 32.1 Å². The second-order valence-electron chi connectivity index (χ2n) is 6.80. The lowest BCUT2D eigenvalue weighted by Crippen LogP contribution is -2.51. The lowest BCUT2D eigenvalue weighted by atomic mass is 9.89. The van der Waals surface area contributed by atoms with E-state index in [1.165, 1.54) is 12.8 Å². The third-order valence-electron chi connectivity index (χ3n) is 5.02. The van der Waals surface area contributed by atoms with Crippen LogP contribution in [0.4, 0.5) is 4.79 Å². The molecule has 22 heavy (non-hydrogen) atoms. The minimum Gasteiger partial charge on any atom is -0.395 e. The molecule has 1 heterocycles. The molecule has 5 nitrogen and oxygen atoms in total. The van der Waals surface area contributed by atoms with Crippen molar-refractivity contribution in [1.29, 1.82) is 0 Å². The highest BCUT2D eigenvalue weighted by Crippen LogP contribution is 2.39. The molecule has 2 N–H and O–H groups in total. The van der Waals surface area contributed by atoms with Crippen LogP contribution in [0, 0.1) is 0 Å². The van der Waals surface area contributed by atoms with Gasteiger partial charge in [0.15, 0.2) is 0 Å². The number of hydrogen-bond acceptors (Lipinski definition) is 3. The van der Waals surface area contributed by atoms with Gasteiger partial charge >= 0.3 is 6.03 Å². The lowest BCUT2D eigenvalue weighted by molar-refractivity contribution is -0.0823. The van der Waals surface area contributed by atoms with E-state index in [9.17, 15) is 9.90 Å². The summed E-state index contributed by atoms with van der Waals surface area (Å²) in [6.45, 7) is 4.08. The average Bonchev–Trinajstić information content (AvgIpc) is 2.94. The van der Waals surface area contributed by atoms with Gasteiger partial charge in [0.2, 0.25) is 0 Å². The van der Waals surface area contributed by atoms with Crippen molar-refractivity contribution in [1.82, 2.24) is 10.2 Å². The molecule has 1 aliphatic heterocycles. The Morgan fingerprint density at radius 2 is 2.09 bits per heavy atom. The molecule has 2 rings (SSSR count). The first-order valence-corrected chi connectivity index (χ1v) is 8.99. The predicted molar refractivity (Wildman–Crippen MR) is 86.9 cm³/mol. The number of hydrogen-bond donors (Lipinski definition) is 2. The zero-order valence-electron chi connectivity index (χ0n) is 14.0. The van der Waals surface area contributed by atoms with Crippen LogP contribution in [-0.2, 0) is 4.74 Å². The van der Waals surface area contributed by atoms with E-state index in [1.54, 1.807) is 4.90 Å². The van der Waals surface area contributed by atoms with Crippen molar-refractivity contribution in [3.05, 3.63) is 0 Å². The van der Waals surface area contributed by atoms with Crippen molar-refractivity contribution in [2.45, 2.75) is 76.4 Å². The maximum atomic E-state index is 12.5. The van der Waals surface area contributed by atoms with E-state index in [0.717, 1.165) is 58.1 Å². The largest absolute Gasteiger partial charge is 0.395 e. The standard InChI is InChI=1S/C17H32N2O3/c1-2-3-6-10-19(11-12-20)16(21)18-15-7-13-22-17(14-15)8-4-5-9-17/h15,20H,2-14H2,1H3,(H,18,21). The van der Waals surface area contributed by atoms with E-state index in [4.69, 9.17) is 4.74 Å². The number of aliphatic hydroxyl groups is 1. The van der Waals surface area contributed by atoms with E-state index < -0.39 is 0 Å². The first kappa shape index (κ1) is 17.5. The Labute approximate surface area is 134 Å². The molecule has 0 aromatic rings. The molecule has 2 amide bonds. The van der Waals surface area contributed by atoms with Gasteiger partial charge in [0, 0.05) is 25.7 Å². The topological polar surface area (TPSA) is 61.8 Å². The van der Waals surface area contributed by atoms with Gasteiger partial charge in [0.25, 0.3) is 0 Å². The van der Waals surface area contributed by atoms with Gasteiger partial charge in [0.1, 0.15) is 0 Å². The number of aliphatic hydroxyl groups excluding tert-OH is 1. The van der Waals surface area contributed by atoms with Crippen molar-refractivity contribution >= 4 is 6.03 Å². The van der Waals surface area contributed by atoms with Gasteiger partial charge < -0.3 is 20.1 Å². The lowest BCUT2D eigenvalue weighted by Gasteiger charge is -2.39. The number of carbonyl (C=O) groups is 1. The summed E-state index contributed by atoms with van der Waals surface area (Å²) in [5.74, 6) is 0. The van der Waals surface area contributed by atoms with Gasteiger partial charge in [-0.3, -0.25) is 0 Å². The first-order chi connectivity index (χ1) is 10.7. The molecule has 5 heteroatoms. The van der Waals surface area contributed by atoms with Crippen molar-refractivity contribution in [3.63, 3.8) is 0 Å². The van der Waals surface area contributed by atoms with Crippen molar-refractivity contribution in [2.75, 3.05) is 26.3 Å². The molecule has 1 unspecified atom stereocenters. The van der Waals surface area contributed by atoms with Gasteiger partial charge in [0.05, 0.1) is 12.2 Å². The predicted octanol–water partition coefficient (Wildman–Crippen LogP) is 2.67. The number of nitrogens with zero attached hydrogens (tertiary/aromatic N) is 1. The fourth-order valence-corrected chi connectivity index (χ4v) is 3.77. The molecule has 0 bridgehead atoms. The number of amides is 2. The molecule has 1 atom stereocenters. The molecule has 1 spiro atoms. The maximum Gasteiger partial charge on any atom is 0.317 e. The van der Waals surface area contributed by atoms with E-state index in [1.807, 2.05) is 0 Å². The Bertz CT molecular complexity index is 343. The molecule has 0 aromatic carbocycles. The van der Waals surface area contributed by atoms with Gasteiger partial charge in [-0.15, -0.1) is 0 Å². The molecule has 2 fully saturated rings. The molecular weight excluding hydrogens is 280 g/mol. The van der Waals surface area contributed by atoms with Crippen LogP contribution in [0.2, 0.25) is 0 Å². The van der Waals surface area contributed by atoms with Crippen LogP contribution in [0.1, 0.15) is 64.7 Å². The van der Waals surface area contributed by atoms with Crippen LogP contribution in [0.3, 0.4) is 0 Å². The summed E-state index contributed by atoms with van der Waals surface area (Å²) in [6.07, 6.45) is 9.86. The molecule has 128 valence electrons. The molecule has 2 aliphatic rings. The summed E-state index contributed by atoms with van der Waals surface area (Å²) in [5.41, 5.74) is 0.0280. The van der Waals surface area contributed by atoms with E-state index in [2.05, 4.69) is 12.2 Å². The number of carbonyl (C=O) groups excluding carboxylic acids is 1. The van der Waals surface area contributed by atoms with Crippen LogP contribution >= 0.6 is 0 Å². The van der Waals surface area contributed by atoms with Gasteiger partial charge in [-0.2, -0.15) is 0 Å². The Morgan fingerprint density at radius 3 is 2.77 bits per heavy atom. The van der Waals surface area contributed by atoms with Crippen molar-refractivity contribution in [3.8, 4) is 0 Å². The number of ether oxygens (including phenoxy) is 1. The van der Waals surface area contributed by atoms with Gasteiger partial charge in [-0.1, -0.05) is 32.6 Å². The van der Waals surface area contributed by atoms with Crippen molar-refractivity contribution < 1.29 is 14.6 Å². The summed E-state index contributed by atoms with van der Waals surface area (Å²) in [7, 11) is 0. The minimum absolute atomic E-state index is 0.0230. The van der Waals surface area contributed by atoms with E-state index in [0.29, 0.717) is 6.54 Å².